The molecule has 0 bridgehead atoms. The molecule has 3 heterocycles. The summed E-state index contributed by atoms with van der Waals surface area (Å²) in [6.07, 6.45) is 1.51. The highest BCUT2D eigenvalue weighted by molar-refractivity contribution is 5.89. The lowest BCUT2D eigenvalue weighted by Crippen LogP contribution is -2.36. The lowest BCUT2D eigenvalue weighted by molar-refractivity contribution is 0.0429. The first-order valence-electron chi connectivity index (χ1n) is 9.05. The predicted molar refractivity (Wildman–Crippen MR) is 101 cm³/mol. The highest BCUT2D eigenvalue weighted by Crippen LogP contribution is 2.20. The predicted octanol–water partition coefficient (Wildman–Crippen LogP) is 2.63. The lowest BCUT2D eigenvalue weighted by atomic mass is 10.1. The fourth-order valence-corrected chi connectivity index (χ4v) is 2.94. The van der Waals surface area contributed by atoms with Crippen LogP contribution in [0.2, 0.25) is 0 Å². The van der Waals surface area contributed by atoms with Crippen LogP contribution in [-0.2, 0) is 16.1 Å². The van der Waals surface area contributed by atoms with Crippen LogP contribution >= 0.6 is 0 Å². The maximum absolute atomic E-state index is 12.3. The van der Waals surface area contributed by atoms with Gasteiger partial charge in [0, 0.05) is 24.8 Å². The molecule has 0 spiro atoms. The standard InChI is InChI=1S/C20H20N4O4/c1-14-4-2-3-5-16(14)19-22-18(28-23-19)13-27-20(25)15-6-7-17(21-12-15)24-8-10-26-11-9-24/h2-7,12H,8-11,13H2,1H3. The van der Waals surface area contributed by atoms with Gasteiger partial charge in [-0.2, -0.15) is 4.98 Å². The molecule has 0 amide bonds. The van der Waals surface area contributed by atoms with Crippen molar-refractivity contribution in [2.75, 3.05) is 31.2 Å². The molecule has 0 saturated carbocycles. The summed E-state index contributed by atoms with van der Waals surface area (Å²) in [5, 5.41) is 3.96. The number of morpholine rings is 1. The van der Waals surface area contributed by atoms with Crippen molar-refractivity contribution in [3.8, 4) is 11.4 Å². The molecule has 8 nitrogen and oxygen atoms in total. The fraction of sp³-hybridized carbons (Fsp3) is 0.300. The number of anilines is 1. The van der Waals surface area contributed by atoms with E-state index in [2.05, 4.69) is 20.0 Å². The Morgan fingerprint density at radius 1 is 1.18 bits per heavy atom. The Hall–Kier alpha value is -3.26. The van der Waals surface area contributed by atoms with Crippen molar-refractivity contribution in [2.45, 2.75) is 13.5 Å². The van der Waals surface area contributed by atoms with Crippen molar-refractivity contribution in [1.29, 1.82) is 0 Å². The minimum atomic E-state index is -0.489. The zero-order valence-electron chi connectivity index (χ0n) is 15.5. The minimum Gasteiger partial charge on any atom is -0.452 e. The molecule has 0 aliphatic carbocycles. The van der Waals surface area contributed by atoms with E-state index in [4.69, 9.17) is 14.0 Å². The van der Waals surface area contributed by atoms with E-state index in [-0.39, 0.29) is 12.5 Å². The first-order valence-corrected chi connectivity index (χ1v) is 9.05. The molecule has 28 heavy (non-hydrogen) atoms. The Bertz CT molecular complexity index is 949. The van der Waals surface area contributed by atoms with Gasteiger partial charge < -0.3 is 18.9 Å². The van der Waals surface area contributed by atoms with Crippen LogP contribution in [0.3, 0.4) is 0 Å². The third-order valence-electron chi connectivity index (χ3n) is 4.50. The van der Waals surface area contributed by atoms with Gasteiger partial charge in [-0.3, -0.25) is 0 Å². The zero-order valence-corrected chi connectivity index (χ0v) is 15.5. The monoisotopic (exact) mass is 380 g/mol. The zero-order chi connectivity index (χ0) is 19.3. The maximum Gasteiger partial charge on any atom is 0.340 e. The van der Waals surface area contributed by atoms with E-state index in [1.807, 2.05) is 37.3 Å². The quantitative estimate of drug-likeness (QED) is 0.624. The smallest absolute Gasteiger partial charge is 0.340 e. The average molecular weight is 380 g/mol. The Kier molecular flexibility index (Phi) is 5.29. The first kappa shape index (κ1) is 18.1. The van der Waals surface area contributed by atoms with E-state index >= 15 is 0 Å². The van der Waals surface area contributed by atoms with Crippen LogP contribution in [0.4, 0.5) is 5.82 Å². The molecule has 144 valence electrons. The van der Waals surface area contributed by atoms with Gasteiger partial charge >= 0.3 is 5.97 Å². The van der Waals surface area contributed by atoms with Crippen LogP contribution in [-0.4, -0.2) is 47.4 Å². The second-order valence-electron chi connectivity index (χ2n) is 6.41. The number of aromatic nitrogens is 3. The van der Waals surface area contributed by atoms with E-state index in [0.29, 0.717) is 24.6 Å². The van der Waals surface area contributed by atoms with Gasteiger partial charge in [0.25, 0.3) is 5.89 Å². The molecule has 1 fully saturated rings. The average Bonchev–Trinajstić information content (AvgIpc) is 3.22. The van der Waals surface area contributed by atoms with Gasteiger partial charge in [-0.1, -0.05) is 29.4 Å². The molecule has 1 aliphatic heterocycles. The second kappa shape index (κ2) is 8.18. The highest BCUT2D eigenvalue weighted by Gasteiger charge is 2.16. The van der Waals surface area contributed by atoms with Crippen molar-refractivity contribution in [3.05, 3.63) is 59.6 Å². The SMILES string of the molecule is Cc1ccccc1-c1noc(COC(=O)c2ccc(N3CCOCC3)nc2)n1. The summed E-state index contributed by atoms with van der Waals surface area (Å²) in [6.45, 7) is 4.82. The van der Waals surface area contributed by atoms with Crippen molar-refractivity contribution in [1.82, 2.24) is 15.1 Å². The number of carbonyl (C=O) groups excluding carboxylic acids is 1. The lowest BCUT2D eigenvalue weighted by Gasteiger charge is -2.27. The van der Waals surface area contributed by atoms with E-state index in [9.17, 15) is 4.79 Å². The normalized spacial score (nSPS) is 14.1. The first-order chi connectivity index (χ1) is 13.7. The maximum atomic E-state index is 12.3. The number of ether oxygens (including phenoxy) is 2. The van der Waals surface area contributed by atoms with Crippen molar-refractivity contribution < 1.29 is 18.8 Å². The van der Waals surface area contributed by atoms with E-state index in [1.54, 1.807) is 6.07 Å². The van der Waals surface area contributed by atoms with Gasteiger partial charge in [-0.25, -0.2) is 9.78 Å². The van der Waals surface area contributed by atoms with E-state index < -0.39 is 5.97 Å². The minimum absolute atomic E-state index is 0.0943. The molecule has 2 aromatic heterocycles. The second-order valence-corrected chi connectivity index (χ2v) is 6.41. The summed E-state index contributed by atoms with van der Waals surface area (Å²) in [7, 11) is 0. The third-order valence-corrected chi connectivity index (χ3v) is 4.50. The van der Waals surface area contributed by atoms with Gasteiger partial charge in [0.05, 0.1) is 18.8 Å². The van der Waals surface area contributed by atoms with E-state index in [0.717, 1.165) is 30.0 Å². The Balaban J connectivity index is 1.36. The molecule has 0 atom stereocenters. The molecule has 0 N–H and O–H groups in total. The molecule has 4 rings (SSSR count). The molecule has 0 radical (unpaired) electrons. The van der Waals surface area contributed by atoms with Gasteiger partial charge in [-0.15, -0.1) is 0 Å². The number of esters is 1. The number of benzene rings is 1. The molecular weight excluding hydrogens is 360 g/mol. The van der Waals surface area contributed by atoms with Crippen LogP contribution in [0.15, 0.2) is 47.1 Å². The van der Waals surface area contributed by atoms with Crippen LogP contribution < -0.4 is 4.90 Å². The van der Waals surface area contributed by atoms with Crippen LogP contribution in [0, 0.1) is 6.92 Å². The van der Waals surface area contributed by atoms with E-state index in [1.165, 1.54) is 6.20 Å². The number of rotatable bonds is 5. The Morgan fingerprint density at radius 3 is 2.75 bits per heavy atom. The number of carbonyl (C=O) groups is 1. The third kappa shape index (κ3) is 4.01. The number of pyridine rings is 1. The summed E-state index contributed by atoms with van der Waals surface area (Å²) in [6, 6.07) is 11.3. The molecule has 8 heteroatoms. The number of aryl methyl sites for hydroxylation is 1. The van der Waals surface area contributed by atoms with Crippen LogP contribution in [0.25, 0.3) is 11.4 Å². The van der Waals surface area contributed by atoms with Gasteiger partial charge in [0.1, 0.15) is 5.82 Å². The van der Waals surface area contributed by atoms with Gasteiger partial charge in [-0.05, 0) is 24.6 Å². The summed E-state index contributed by atoms with van der Waals surface area (Å²) in [4.78, 5) is 23.0. The summed E-state index contributed by atoms with van der Waals surface area (Å²) >= 11 is 0. The van der Waals surface area contributed by atoms with Crippen LogP contribution in [0.5, 0.6) is 0 Å². The Morgan fingerprint density at radius 2 is 2.00 bits per heavy atom. The summed E-state index contributed by atoms with van der Waals surface area (Å²) in [5.74, 6) is 1.04. The molecule has 3 aromatic rings. The van der Waals surface area contributed by atoms with Crippen molar-refractivity contribution in [3.63, 3.8) is 0 Å². The molecular formula is C20H20N4O4. The largest absolute Gasteiger partial charge is 0.452 e. The summed E-state index contributed by atoms with van der Waals surface area (Å²) in [5.41, 5.74) is 2.29. The topological polar surface area (TPSA) is 90.6 Å². The van der Waals surface area contributed by atoms with Crippen molar-refractivity contribution >= 4 is 11.8 Å². The van der Waals surface area contributed by atoms with Crippen LogP contribution in [0.1, 0.15) is 21.8 Å². The highest BCUT2D eigenvalue weighted by atomic mass is 16.6. The molecule has 1 aromatic carbocycles. The Labute approximate surface area is 162 Å². The molecule has 1 saturated heterocycles. The molecule has 0 unspecified atom stereocenters. The van der Waals surface area contributed by atoms with Gasteiger partial charge in [0.15, 0.2) is 6.61 Å². The number of hydrogen-bond acceptors (Lipinski definition) is 8. The number of hydrogen-bond donors (Lipinski definition) is 0. The summed E-state index contributed by atoms with van der Waals surface area (Å²) < 4.78 is 15.8. The molecule has 1 aliphatic rings. The van der Waals surface area contributed by atoms with Gasteiger partial charge in [0.2, 0.25) is 5.82 Å². The van der Waals surface area contributed by atoms with Crippen molar-refractivity contribution in [2.24, 2.45) is 0 Å². The fourth-order valence-electron chi connectivity index (χ4n) is 2.94. The number of nitrogens with zero attached hydrogens (tertiary/aromatic N) is 4.